The van der Waals surface area contributed by atoms with Crippen LogP contribution >= 0.6 is 0 Å². The van der Waals surface area contributed by atoms with Gasteiger partial charge in [0.25, 0.3) is 0 Å². The molecule has 0 bridgehead atoms. The first-order valence-electron chi connectivity index (χ1n) is 10.8. The molecule has 2 unspecified atom stereocenters. The molecule has 0 saturated heterocycles. The van der Waals surface area contributed by atoms with Gasteiger partial charge in [-0.25, -0.2) is 16.5 Å². The van der Waals surface area contributed by atoms with E-state index in [1.165, 1.54) is 12.5 Å². The average Bonchev–Trinajstić information content (AvgIpc) is 2.84. The molecule has 6 nitrogen and oxygen atoms in total. The fraction of sp³-hybridized carbons (Fsp3) is 0.259. The van der Waals surface area contributed by atoms with Crippen LogP contribution in [0.25, 0.3) is 0 Å². The molecule has 2 aromatic heterocycles. The number of benzene rings is 1. The van der Waals surface area contributed by atoms with Crippen molar-refractivity contribution in [2.45, 2.75) is 45.9 Å². The van der Waals surface area contributed by atoms with E-state index < -0.39 is 6.17 Å². The molecule has 1 aromatic carbocycles. The van der Waals surface area contributed by atoms with E-state index in [9.17, 15) is 9.18 Å². The number of halogens is 1. The summed E-state index contributed by atoms with van der Waals surface area (Å²) in [5.41, 5.74) is 5.08. The first-order valence-corrected chi connectivity index (χ1v) is 10.8. The molecule has 0 aliphatic rings. The molecule has 35 heavy (non-hydrogen) atoms. The fourth-order valence-electron chi connectivity index (χ4n) is 2.97. The van der Waals surface area contributed by atoms with Gasteiger partial charge in [0, 0.05) is 36.4 Å². The number of rotatable bonds is 8. The average molecular weight is 484 g/mol. The fourth-order valence-corrected chi connectivity index (χ4v) is 2.97. The summed E-state index contributed by atoms with van der Waals surface area (Å²) in [6.07, 6.45) is 5.10. The Bertz CT molecular complexity index is 1090. The van der Waals surface area contributed by atoms with Crippen LogP contribution in [0.4, 0.5) is 4.39 Å². The third kappa shape index (κ3) is 10.5. The molecule has 2 heterocycles. The summed E-state index contributed by atoms with van der Waals surface area (Å²) in [5, 5.41) is 6.66. The Labute approximate surface area is 229 Å². The molecule has 0 saturated carbocycles. The summed E-state index contributed by atoms with van der Waals surface area (Å²) in [7, 11) is 0. The van der Waals surface area contributed by atoms with Crippen LogP contribution in [0.5, 0.6) is 0 Å². The summed E-state index contributed by atoms with van der Waals surface area (Å²) in [6, 6.07) is 15.2. The smallest absolute Gasteiger partial charge is 0.474 e. The van der Waals surface area contributed by atoms with Gasteiger partial charge >= 0.3 is 29.6 Å². The number of aryl methyl sites for hydroxylation is 1. The molecule has 0 aliphatic heterocycles. The normalized spacial score (nSPS) is 12.3. The van der Waals surface area contributed by atoms with Crippen molar-refractivity contribution >= 4 is 18.9 Å². The number of carbonyl (C=O) groups excluding carboxylic acids is 1. The van der Waals surface area contributed by atoms with Crippen LogP contribution in [0.2, 0.25) is 0 Å². The standard InChI is InChI=1S/C14H16N2.C13H13FN2O2.Na/c1-11-6-7-14(16-10-11)12(2)9-13-5-3-4-8-15-13;1-9-4-5-11(6-12(9)7-17)8-18-13(10(2)14)16-15-3;/h3-8,10,12H,9H2,1-2H3;4-6,10H,1,3,8H2,2H3;/q;-2;+1/b;16-13-;. The maximum Gasteiger partial charge on any atom is 1.00 e. The van der Waals surface area contributed by atoms with Crippen LogP contribution in [-0.4, -0.2) is 35.0 Å². The zero-order valence-electron chi connectivity index (χ0n) is 20.7. The minimum atomic E-state index is -1.38. The second-order valence-corrected chi connectivity index (χ2v) is 7.76. The summed E-state index contributed by atoms with van der Waals surface area (Å²) in [6.45, 7) is 12.4. The minimum Gasteiger partial charge on any atom is -0.474 e. The van der Waals surface area contributed by atoms with E-state index in [1.54, 1.807) is 24.5 Å². The molecular weight excluding hydrogens is 454 g/mol. The van der Waals surface area contributed by atoms with E-state index >= 15 is 0 Å². The van der Waals surface area contributed by atoms with Gasteiger partial charge in [-0.3, -0.25) is 28.0 Å². The van der Waals surface area contributed by atoms with Gasteiger partial charge in [-0.15, -0.1) is 11.2 Å². The van der Waals surface area contributed by atoms with E-state index in [0.29, 0.717) is 22.6 Å². The van der Waals surface area contributed by atoms with E-state index in [4.69, 9.17) is 4.74 Å². The Hall–Kier alpha value is -2.87. The summed E-state index contributed by atoms with van der Waals surface area (Å²) in [5.74, 6) is 0.260. The van der Waals surface area contributed by atoms with Crippen molar-refractivity contribution in [1.29, 1.82) is 0 Å². The van der Waals surface area contributed by atoms with Crippen LogP contribution in [0, 0.1) is 13.8 Å². The number of alkyl halides is 1. The zero-order valence-corrected chi connectivity index (χ0v) is 22.7. The van der Waals surface area contributed by atoms with E-state index in [-0.39, 0.29) is 42.1 Å². The predicted molar refractivity (Wildman–Crippen MR) is 133 cm³/mol. The molecule has 0 spiro atoms. The molecule has 0 radical (unpaired) electrons. The number of ether oxygens (including phenoxy) is 1. The van der Waals surface area contributed by atoms with Crippen molar-refractivity contribution < 1.29 is 43.5 Å². The Morgan fingerprint density at radius 2 is 1.97 bits per heavy atom. The molecule has 0 aliphatic carbocycles. The van der Waals surface area contributed by atoms with Crippen molar-refractivity contribution in [2.24, 2.45) is 10.2 Å². The van der Waals surface area contributed by atoms with Crippen LogP contribution < -0.4 is 29.6 Å². The Balaban J connectivity index is 0.000000342. The molecule has 8 heteroatoms. The Morgan fingerprint density at radius 1 is 1.20 bits per heavy atom. The summed E-state index contributed by atoms with van der Waals surface area (Å²) < 4.78 is 18.2. The summed E-state index contributed by atoms with van der Waals surface area (Å²) >= 11 is 0. The predicted octanol–water partition coefficient (Wildman–Crippen LogP) is 2.35. The Morgan fingerprint density at radius 3 is 2.54 bits per heavy atom. The van der Waals surface area contributed by atoms with Crippen molar-refractivity contribution in [2.75, 3.05) is 0 Å². The van der Waals surface area contributed by atoms with Gasteiger partial charge in [0.2, 0.25) is 5.90 Å². The molecule has 0 N–H and O–H groups in total. The van der Waals surface area contributed by atoms with Crippen LogP contribution in [0.3, 0.4) is 0 Å². The number of hydrogen-bond donors (Lipinski definition) is 0. The maximum absolute atomic E-state index is 13.0. The first kappa shape index (κ1) is 30.2. The van der Waals surface area contributed by atoms with E-state index in [2.05, 4.69) is 65.9 Å². The topological polar surface area (TPSA) is 76.8 Å². The first-order chi connectivity index (χ1) is 16.3. The molecule has 0 fully saturated rings. The Kier molecular flexibility index (Phi) is 13.7. The number of hydrogen-bond acceptors (Lipinski definition) is 6. The SMILES string of the molecule is C=N/N=C(\OCc1ccc([CH2-])c([C-]=O)c1)C(C)F.Cc1ccc(C(C)Cc2ccccn2)nc1.[Na+]. The molecule has 0 amide bonds. The molecule has 178 valence electrons. The molecular formula is C27H29FN4NaO2-. The van der Waals surface area contributed by atoms with Crippen LogP contribution in [0.1, 0.15) is 53.4 Å². The van der Waals surface area contributed by atoms with Crippen LogP contribution in [0.15, 0.2) is 71.1 Å². The van der Waals surface area contributed by atoms with Gasteiger partial charge in [-0.05, 0) is 50.3 Å². The quantitative estimate of drug-likeness (QED) is 0.162. The second kappa shape index (κ2) is 15.9. The van der Waals surface area contributed by atoms with E-state index in [1.807, 2.05) is 24.5 Å². The van der Waals surface area contributed by atoms with Crippen LogP contribution in [-0.2, 0) is 22.6 Å². The van der Waals surface area contributed by atoms with Crippen molar-refractivity contribution in [1.82, 2.24) is 9.97 Å². The van der Waals surface area contributed by atoms with Crippen molar-refractivity contribution in [3.63, 3.8) is 0 Å². The van der Waals surface area contributed by atoms with Gasteiger partial charge in [-0.1, -0.05) is 24.6 Å². The van der Waals surface area contributed by atoms with Gasteiger partial charge in [0.05, 0.1) is 0 Å². The summed E-state index contributed by atoms with van der Waals surface area (Å²) in [4.78, 5) is 19.4. The third-order valence-electron chi connectivity index (χ3n) is 4.86. The second-order valence-electron chi connectivity index (χ2n) is 7.76. The van der Waals surface area contributed by atoms with Gasteiger partial charge in [0.1, 0.15) is 6.61 Å². The van der Waals surface area contributed by atoms with Gasteiger partial charge in [-0.2, -0.15) is 5.10 Å². The number of nitrogens with zero attached hydrogens (tertiary/aromatic N) is 4. The van der Waals surface area contributed by atoms with Crippen molar-refractivity contribution in [3.8, 4) is 0 Å². The monoisotopic (exact) mass is 483 g/mol. The third-order valence-corrected chi connectivity index (χ3v) is 4.86. The van der Waals surface area contributed by atoms with Gasteiger partial charge in [0.15, 0.2) is 6.17 Å². The maximum atomic E-state index is 13.0. The van der Waals surface area contributed by atoms with E-state index in [0.717, 1.165) is 17.8 Å². The minimum absolute atomic E-state index is 0. The largest absolute Gasteiger partial charge is 1.00 e. The number of pyridine rings is 2. The van der Waals surface area contributed by atoms with Gasteiger partial charge < -0.3 is 9.53 Å². The molecule has 2 atom stereocenters. The molecule has 3 rings (SSSR count). The zero-order chi connectivity index (χ0) is 24.9. The molecule has 3 aromatic rings. The van der Waals surface area contributed by atoms with Crippen molar-refractivity contribution in [3.05, 3.63) is 101 Å². The number of aromatic nitrogens is 2.